The molecule has 0 bridgehead atoms. The lowest BCUT2D eigenvalue weighted by Crippen LogP contribution is -2.51. The van der Waals surface area contributed by atoms with Gasteiger partial charge in [0.1, 0.15) is 0 Å². The Labute approximate surface area is 149 Å². The van der Waals surface area contributed by atoms with Gasteiger partial charge in [0.15, 0.2) is 11.5 Å². The molecule has 0 heterocycles. The van der Waals surface area contributed by atoms with E-state index in [4.69, 9.17) is 19.9 Å². The molecular formula is C17H27ClN2O4. The van der Waals surface area contributed by atoms with Gasteiger partial charge in [0.2, 0.25) is 5.75 Å². The first-order valence-electron chi connectivity index (χ1n) is 7.90. The van der Waals surface area contributed by atoms with Crippen LogP contribution in [0.1, 0.15) is 42.5 Å². The van der Waals surface area contributed by atoms with Crippen LogP contribution in [0.25, 0.3) is 0 Å². The first-order valence-corrected chi connectivity index (χ1v) is 7.90. The van der Waals surface area contributed by atoms with Crippen molar-refractivity contribution in [1.82, 2.24) is 5.32 Å². The highest BCUT2D eigenvalue weighted by Gasteiger charge is 2.29. The van der Waals surface area contributed by atoms with Gasteiger partial charge in [-0.3, -0.25) is 4.79 Å². The third-order valence-electron chi connectivity index (χ3n) is 4.40. The fraction of sp³-hybridized carbons (Fsp3) is 0.588. The van der Waals surface area contributed by atoms with Gasteiger partial charge in [-0.2, -0.15) is 0 Å². The van der Waals surface area contributed by atoms with Gasteiger partial charge in [-0.15, -0.1) is 12.4 Å². The Morgan fingerprint density at radius 1 is 1.08 bits per heavy atom. The SMILES string of the molecule is COc1ccc(C(=O)NCC2(N)CCCCC2)c(OC)c1OC.Cl. The third kappa shape index (κ3) is 4.45. The van der Waals surface area contributed by atoms with Gasteiger partial charge in [-0.1, -0.05) is 19.3 Å². The van der Waals surface area contributed by atoms with Crippen LogP contribution in [-0.4, -0.2) is 39.3 Å². The second-order valence-electron chi connectivity index (χ2n) is 5.99. The van der Waals surface area contributed by atoms with E-state index in [0.29, 0.717) is 29.4 Å². The number of hydrogen-bond donors (Lipinski definition) is 2. The van der Waals surface area contributed by atoms with Crippen LogP contribution >= 0.6 is 12.4 Å². The number of ether oxygens (including phenoxy) is 3. The van der Waals surface area contributed by atoms with Crippen LogP contribution in [0, 0.1) is 0 Å². The van der Waals surface area contributed by atoms with Gasteiger partial charge in [-0.05, 0) is 25.0 Å². The molecule has 0 spiro atoms. The predicted octanol–water partition coefficient (Wildman–Crippen LogP) is 2.53. The molecule has 136 valence electrons. The molecule has 1 amide bonds. The van der Waals surface area contributed by atoms with Gasteiger partial charge >= 0.3 is 0 Å². The monoisotopic (exact) mass is 358 g/mol. The molecule has 7 heteroatoms. The van der Waals surface area contributed by atoms with Crippen molar-refractivity contribution in [1.29, 1.82) is 0 Å². The summed E-state index contributed by atoms with van der Waals surface area (Å²) in [7, 11) is 4.55. The zero-order chi connectivity index (χ0) is 16.9. The van der Waals surface area contributed by atoms with Crippen molar-refractivity contribution in [2.45, 2.75) is 37.6 Å². The summed E-state index contributed by atoms with van der Waals surface area (Å²) in [5.74, 6) is 1.06. The molecule has 0 saturated heterocycles. The van der Waals surface area contributed by atoms with Crippen LogP contribution < -0.4 is 25.3 Å². The Kier molecular flexibility index (Phi) is 7.63. The molecule has 1 aromatic carbocycles. The number of nitrogens with two attached hydrogens (primary N) is 1. The minimum absolute atomic E-state index is 0. The van der Waals surface area contributed by atoms with Gasteiger partial charge in [-0.25, -0.2) is 0 Å². The highest BCUT2D eigenvalue weighted by molar-refractivity contribution is 5.98. The molecule has 1 aromatic rings. The second kappa shape index (κ2) is 8.99. The van der Waals surface area contributed by atoms with E-state index < -0.39 is 0 Å². The van der Waals surface area contributed by atoms with Crippen molar-refractivity contribution < 1.29 is 19.0 Å². The van der Waals surface area contributed by atoms with E-state index in [0.717, 1.165) is 25.7 Å². The van der Waals surface area contributed by atoms with Crippen molar-refractivity contribution in [2.75, 3.05) is 27.9 Å². The molecule has 1 fully saturated rings. The summed E-state index contributed by atoms with van der Waals surface area (Å²) in [6, 6.07) is 3.36. The standard InChI is InChI=1S/C17H26N2O4.ClH/c1-21-13-8-7-12(14(22-2)15(13)23-3)16(20)19-11-17(18)9-5-4-6-10-17;/h7-8H,4-6,9-11,18H2,1-3H3,(H,19,20);1H. The van der Waals surface area contributed by atoms with Crippen LogP contribution in [0.5, 0.6) is 17.2 Å². The Morgan fingerprint density at radius 3 is 2.25 bits per heavy atom. The minimum atomic E-state index is -0.308. The van der Waals surface area contributed by atoms with Crippen LogP contribution in [-0.2, 0) is 0 Å². The lowest BCUT2D eigenvalue weighted by molar-refractivity contribution is 0.0934. The Morgan fingerprint density at radius 2 is 1.71 bits per heavy atom. The molecule has 0 atom stereocenters. The Hall–Kier alpha value is -1.66. The number of halogens is 1. The van der Waals surface area contributed by atoms with Crippen LogP contribution in [0.4, 0.5) is 0 Å². The maximum atomic E-state index is 12.5. The van der Waals surface area contributed by atoms with Gasteiger partial charge in [0, 0.05) is 12.1 Å². The van der Waals surface area contributed by atoms with Crippen LogP contribution in [0.15, 0.2) is 12.1 Å². The highest BCUT2D eigenvalue weighted by atomic mass is 35.5. The highest BCUT2D eigenvalue weighted by Crippen LogP contribution is 2.39. The fourth-order valence-electron chi connectivity index (χ4n) is 3.06. The summed E-state index contributed by atoms with van der Waals surface area (Å²) < 4.78 is 15.9. The smallest absolute Gasteiger partial charge is 0.255 e. The lowest BCUT2D eigenvalue weighted by atomic mass is 9.82. The third-order valence-corrected chi connectivity index (χ3v) is 4.40. The molecule has 3 N–H and O–H groups in total. The van der Waals surface area contributed by atoms with Crippen molar-refractivity contribution in [3.8, 4) is 17.2 Å². The topological polar surface area (TPSA) is 82.8 Å². The number of hydrogen-bond acceptors (Lipinski definition) is 5. The van der Waals surface area contributed by atoms with E-state index >= 15 is 0 Å². The zero-order valence-corrected chi connectivity index (χ0v) is 15.3. The van der Waals surface area contributed by atoms with E-state index in [1.54, 1.807) is 12.1 Å². The van der Waals surface area contributed by atoms with Crippen molar-refractivity contribution in [3.05, 3.63) is 17.7 Å². The van der Waals surface area contributed by atoms with Gasteiger partial charge in [0.25, 0.3) is 5.91 Å². The molecule has 1 aliphatic carbocycles. The number of benzene rings is 1. The summed E-state index contributed by atoms with van der Waals surface area (Å²) in [5, 5.41) is 2.93. The average molecular weight is 359 g/mol. The largest absolute Gasteiger partial charge is 0.493 e. The maximum Gasteiger partial charge on any atom is 0.255 e. The first-order chi connectivity index (χ1) is 11.0. The van der Waals surface area contributed by atoms with Crippen molar-refractivity contribution >= 4 is 18.3 Å². The van der Waals surface area contributed by atoms with Crippen molar-refractivity contribution in [3.63, 3.8) is 0 Å². The predicted molar refractivity (Wildman–Crippen MR) is 95.7 cm³/mol. The number of amides is 1. The van der Waals surface area contributed by atoms with Crippen LogP contribution in [0.2, 0.25) is 0 Å². The molecule has 0 aliphatic heterocycles. The molecule has 24 heavy (non-hydrogen) atoms. The first kappa shape index (κ1) is 20.4. The maximum absolute atomic E-state index is 12.5. The minimum Gasteiger partial charge on any atom is -0.493 e. The lowest BCUT2D eigenvalue weighted by Gasteiger charge is -2.33. The summed E-state index contributed by atoms with van der Waals surface area (Å²) in [6.45, 7) is 0.462. The molecule has 0 radical (unpaired) electrons. The number of carbonyl (C=O) groups is 1. The second-order valence-corrected chi connectivity index (χ2v) is 5.99. The Bertz CT molecular complexity index is 560. The molecule has 0 unspecified atom stereocenters. The molecule has 1 saturated carbocycles. The summed E-state index contributed by atoms with van der Waals surface area (Å²) in [6.07, 6.45) is 5.33. The average Bonchev–Trinajstić information content (AvgIpc) is 2.58. The van der Waals surface area contributed by atoms with E-state index in [1.165, 1.54) is 27.8 Å². The fourth-order valence-corrected chi connectivity index (χ4v) is 3.06. The number of carbonyl (C=O) groups excluding carboxylic acids is 1. The molecule has 6 nitrogen and oxygen atoms in total. The van der Waals surface area contributed by atoms with Crippen molar-refractivity contribution in [2.24, 2.45) is 5.73 Å². The molecule has 2 rings (SSSR count). The number of methoxy groups -OCH3 is 3. The normalized spacial score (nSPS) is 15.8. The van der Waals surface area contributed by atoms with E-state index in [1.807, 2.05) is 0 Å². The van der Waals surface area contributed by atoms with Crippen LogP contribution in [0.3, 0.4) is 0 Å². The zero-order valence-electron chi connectivity index (χ0n) is 14.5. The van der Waals surface area contributed by atoms with E-state index in [-0.39, 0.29) is 23.9 Å². The molecular weight excluding hydrogens is 332 g/mol. The summed E-state index contributed by atoms with van der Waals surface area (Å²) >= 11 is 0. The van der Waals surface area contributed by atoms with E-state index in [9.17, 15) is 4.79 Å². The number of rotatable bonds is 6. The molecule has 0 aromatic heterocycles. The van der Waals surface area contributed by atoms with Gasteiger partial charge < -0.3 is 25.3 Å². The quantitative estimate of drug-likeness (QED) is 0.816. The Balaban J connectivity index is 0.00000288. The summed E-state index contributed by atoms with van der Waals surface area (Å²) in [5.41, 5.74) is 6.47. The molecule has 1 aliphatic rings. The van der Waals surface area contributed by atoms with E-state index in [2.05, 4.69) is 5.32 Å². The van der Waals surface area contributed by atoms with Gasteiger partial charge in [0.05, 0.1) is 26.9 Å². The summed E-state index contributed by atoms with van der Waals surface area (Å²) in [4.78, 5) is 12.5. The number of nitrogens with one attached hydrogen (secondary N) is 1.